The number of benzene rings is 1. The first kappa shape index (κ1) is 13.5. The van der Waals surface area contributed by atoms with E-state index in [0.717, 1.165) is 13.1 Å². The predicted molar refractivity (Wildman–Crippen MR) is 65.2 cm³/mol. The second-order valence-electron chi connectivity index (χ2n) is 3.68. The van der Waals surface area contributed by atoms with Crippen LogP contribution in [0.25, 0.3) is 0 Å². The van der Waals surface area contributed by atoms with E-state index in [-0.39, 0.29) is 12.4 Å². The first-order valence-electron chi connectivity index (χ1n) is 5.03. The maximum absolute atomic E-state index is 3.31. The Morgan fingerprint density at radius 2 is 1.71 bits per heavy atom. The van der Waals surface area contributed by atoms with Gasteiger partial charge in [-0.05, 0) is 23.6 Å². The van der Waals surface area contributed by atoms with E-state index in [1.165, 1.54) is 11.1 Å². The summed E-state index contributed by atoms with van der Waals surface area (Å²) in [6.45, 7) is 8.59. The van der Waals surface area contributed by atoms with Crippen LogP contribution >= 0.6 is 12.4 Å². The van der Waals surface area contributed by atoms with Gasteiger partial charge in [0.2, 0.25) is 0 Å². The highest BCUT2D eigenvalue weighted by Gasteiger charge is 1.97. The molecule has 0 aliphatic carbocycles. The number of nitrogens with one attached hydrogen (secondary N) is 1. The monoisotopic (exact) mass is 213 g/mol. The van der Waals surface area contributed by atoms with Crippen molar-refractivity contribution in [3.05, 3.63) is 35.4 Å². The van der Waals surface area contributed by atoms with Crippen molar-refractivity contribution in [2.45, 2.75) is 33.2 Å². The number of halogens is 1. The van der Waals surface area contributed by atoms with Crippen LogP contribution in [0, 0.1) is 0 Å². The molecule has 2 heteroatoms. The summed E-state index contributed by atoms with van der Waals surface area (Å²) in [5, 5.41) is 3.31. The van der Waals surface area contributed by atoms with Crippen LogP contribution in [-0.2, 0) is 6.54 Å². The largest absolute Gasteiger partial charge is 0.313 e. The molecule has 0 spiro atoms. The fourth-order valence-corrected chi connectivity index (χ4v) is 1.29. The van der Waals surface area contributed by atoms with Crippen LogP contribution in [0.4, 0.5) is 0 Å². The van der Waals surface area contributed by atoms with Gasteiger partial charge in [0.25, 0.3) is 0 Å². The third-order valence-corrected chi connectivity index (χ3v) is 2.23. The van der Waals surface area contributed by atoms with E-state index in [1.807, 2.05) is 0 Å². The SMILES string of the molecule is CCNCc1ccc(C(C)C)cc1.Cl. The molecule has 0 bridgehead atoms. The fraction of sp³-hybridized carbons (Fsp3) is 0.500. The molecule has 0 unspecified atom stereocenters. The van der Waals surface area contributed by atoms with Gasteiger partial charge in [-0.2, -0.15) is 0 Å². The lowest BCUT2D eigenvalue weighted by atomic mass is 10.0. The predicted octanol–water partition coefficient (Wildman–Crippen LogP) is 3.34. The molecule has 0 aromatic heterocycles. The Hall–Kier alpha value is -0.530. The number of rotatable bonds is 4. The van der Waals surface area contributed by atoms with Crippen molar-refractivity contribution in [1.29, 1.82) is 0 Å². The van der Waals surface area contributed by atoms with Crippen molar-refractivity contribution in [1.82, 2.24) is 5.32 Å². The topological polar surface area (TPSA) is 12.0 Å². The van der Waals surface area contributed by atoms with E-state index in [9.17, 15) is 0 Å². The average Bonchev–Trinajstić information content (AvgIpc) is 2.15. The van der Waals surface area contributed by atoms with Crippen molar-refractivity contribution in [2.24, 2.45) is 0 Å². The van der Waals surface area contributed by atoms with Crippen LogP contribution in [0.3, 0.4) is 0 Å². The Morgan fingerprint density at radius 3 is 2.14 bits per heavy atom. The van der Waals surface area contributed by atoms with Crippen LogP contribution in [0.15, 0.2) is 24.3 Å². The summed E-state index contributed by atoms with van der Waals surface area (Å²) in [5.41, 5.74) is 2.78. The van der Waals surface area contributed by atoms with Gasteiger partial charge in [-0.15, -0.1) is 12.4 Å². The van der Waals surface area contributed by atoms with E-state index in [1.54, 1.807) is 0 Å². The van der Waals surface area contributed by atoms with Gasteiger partial charge in [0.15, 0.2) is 0 Å². The molecule has 1 aromatic carbocycles. The molecular formula is C12H20ClN. The van der Waals surface area contributed by atoms with Gasteiger partial charge in [0.1, 0.15) is 0 Å². The van der Waals surface area contributed by atoms with Gasteiger partial charge in [0, 0.05) is 6.54 Å². The van der Waals surface area contributed by atoms with Gasteiger partial charge >= 0.3 is 0 Å². The zero-order valence-electron chi connectivity index (χ0n) is 9.21. The summed E-state index contributed by atoms with van der Waals surface area (Å²) >= 11 is 0. The van der Waals surface area contributed by atoms with Gasteiger partial charge in [-0.3, -0.25) is 0 Å². The molecule has 0 atom stereocenters. The average molecular weight is 214 g/mol. The van der Waals surface area contributed by atoms with Crippen LogP contribution in [0.1, 0.15) is 37.8 Å². The van der Waals surface area contributed by atoms with E-state index in [0.29, 0.717) is 5.92 Å². The summed E-state index contributed by atoms with van der Waals surface area (Å²) in [4.78, 5) is 0. The Balaban J connectivity index is 0.00000169. The normalized spacial score (nSPS) is 10.0. The Bertz CT molecular complexity index is 241. The standard InChI is InChI=1S/C12H19N.ClH/c1-4-13-9-11-5-7-12(8-6-11)10(2)3;/h5-8,10,13H,4,9H2,1-3H3;1H. The van der Waals surface area contributed by atoms with Gasteiger partial charge < -0.3 is 5.32 Å². The summed E-state index contributed by atoms with van der Waals surface area (Å²) in [7, 11) is 0. The van der Waals surface area contributed by atoms with Crippen LogP contribution < -0.4 is 5.32 Å². The molecule has 14 heavy (non-hydrogen) atoms. The van der Waals surface area contributed by atoms with E-state index in [2.05, 4.69) is 50.4 Å². The zero-order valence-corrected chi connectivity index (χ0v) is 10.0. The molecule has 80 valence electrons. The number of hydrogen-bond donors (Lipinski definition) is 1. The Labute approximate surface area is 93.3 Å². The summed E-state index contributed by atoms with van der Waals surface area (Å²) in [6, 6.07) is 8.85. The van der Waals surface area contributed by atoms with E-state index in [4.69, 9.17) is 0 Å². The molecule has 0 aliphatic heterocycles. The Morgan fingerprint density at radius 1 is 1.14 bits per heavy atom. The van der Waals surface area contributed by atoms with Gasteiger partial charge in [-0.25, -0.2) is 0 Å². The zero-order chi connectivity index (χ0) is 9.68. The molecule has 1 aromatic rings. The van der Waals surface area contributed by atoms with Crippen molar-refractivity contribution in [3.8, 4) is 0 Å². The quantitative estimate of drug-likeness (QED) is 0.809. The van der Waals surface area contributed by atoms with Crippen molar-refractivity contribution in [3.63, 3.8) is 0 Å². The molecule has 0 fully saturated rings. The molecule has 0 radical (unpaired) electrons. The third kappa shape index (κ3) is 4.12. The lowest BCUT2D eigenvalue weighted by Crippen LogP contribution is -2.11. The van der Waals surface area contributed by atoms with Crippen LogP contribution in [-0.4, -0.2) is 6.54 Å². The summed E-state index contributed by atoms with van der Waals surface area (Å²) in [6.07, 6.45) is 0. The maximum atomic E-state index is 3.31. The van der Waals surface area contributed by atoms with Crippen LogP contribution in [0.2, 0.25) is 0 Å². The second kappa shape index (κ2) is 6.86. The summed E-state index contributed by atoms with van der Waals surface area (Å²) < 4.78 is 0. The minimum Gasteiger partial charge on any atom is -0.313 e. The number of hydrogen-bond acceptors (Lipinski definition) is 1. The highest BCUT2D eigenvalue weighted by Crippen LogP contribution is 2.14. The highest BCUT2D eigenvalue weighted by atomic mass is 35.5. The van der Waals surface area contributed by atoms with Crippen molar-refractivity contribution >= 4 is 12.4 Å². The molecule has 0 aliphatic rings. The molecule has 0 saturated heterocycles. The minimum absolute atomic E-state index is 0. The lowest BCUT2D eigenvalue weighted by Gasteiger charge is -2.06. The fourth-order valence-electron chi connectivity index (χ4n) is 1.29. The van der Waals surface area contributed by atoms with Gasteiger partial charge in [0.05, 0.1) is 0 Å². The molecule has 0 heterocycles. The highest BCUT2D eigenvalue weighted by molar-refractivity contribution is 5.85. The first-order valence-corrected chi connectivity index (χ1v) is 5.03. The maximum Gasteiger partial charge on any atom is 0.0205 e. The third-order valence-electron chi connectivity index (χ3n) is 2.23. The molecule has 0 saturated carbocycles. The van der Waals surface area contributed by atoms with Gasteiger partial charge in [-0.1, -0.05) is 45.0 Å². The van der Waals surface area contributed by atoms with Crippen LogP contribution in [0.5, 0.6) is 0 Å². The smallest absolute Gasteiger partial charge is 0.0205 e. The molecule has 0 amide bonds. The molecule has 1 rings (SSSR count). The Kier molecular flexibility index (Phi) is 6.60. The molecule has 1 N–H and O–H groups in total. The minimum atomic E-state index is 0. The molecule has 1 nitrogen and oxygen atoms in total. The van der Waals surface area contributed by atoms with Crippen molar-refractivity contribution in [2.75, 3.05) is 6.54 Å². The second-order valence-corrected chi connectivity index (χ2v) is 3.68. The lowest BCUT2D eigenvalue weighted by molar-refractivity contribution is 0.726. The summed E-state index contributed by atoms with van der Waals surface area (Å²) in [5.74, 6) is 0.633. The molecular weight excluding hydrogens is 194 g/mol. The van der Waals surface area contributed by atoms with Crippen molar-refractivity contribution < 1.29 is 0 Å². The first-order chi connectivity index (χ1) is 6.24. The van der Waals surface area contributed by atoms with E-state index >= 15 is 0 Å². The van der Waals surface area contributed by atoms with E-state index < -0.39 is 0 Å².